The molecule has 25 heavy (non-hydrogen) atoms. The van der Waals surface area contributed by atoms with Crippen LogP contribution in [-0.2, 0) is 21.4 Å². The quantitative estimate of drug-likeness (QED) is 0.611. The number of esters is 1. The third-order valence-corrected chi connectivity index (χ3v) is 4.17. The standard InChI is InChI=1S/C18H20BrN3O3/c1-11-17(12(2)22(4)21-11)20-18(24)13(3)25-16(23)9-8-14-6-5-7-15(19)10-14/h5-10,13H,1-4H3,(H,20,24)/b9-8+/t13-/m1/s1. The highest BCUT2D eigenvalue weighted by Crippen LogP contribution is 2.18. The maximum Gasteiger partial charge on any atom is 0.331 e. The number of benzene rings is 1. The summed E-state index contributed by atoms with van der Waals surface area (Å²) in [5.41, 5.74) is 3.03. The van der Waals surface area contributed by atoms with Crippen molar-refractivity contribution in [2.45, 2.75) is 26.9 Å². The number of carbonyl (C=O) groups excluding carboxylic acids is 2. The van der Waals surface area contributed by atoms with Gasteiger partial charge < -0.3 is 10.1 Å². The van der Waals surface area contributed by atoms with Crippen LogP contribution in [0.25, 0.3) is 6.08 Å². The Labute approximate surface area is 155 Å². The minimum absolute atomic E-state index is 0.400. The molecule has 1 N–H and O–H groups in total. The molecule has 0 aliphatic rings. The SMILES string of the molecule is Cc1nn(C)c(C)c1NC(=O)[C@@H](C)OC(=O)/C=C/c1cccc(Br)c1. The van der Waals surface area contributed by atoms with Crippen molar-refractivity contribution < 1.29 is 14.3 Å². The fraction of sp³-hybridized carbons (Fsp3) is 0.278. The molecule has 7 heteroatoms. The molecule has 1 atom stereocenters. The lowest BCUT2D eigenvalue weighted by molar-refractivity contribution is -0.148. The van der Waals surface area contributed by atoms with Crippen molar-refractivity contribution in [3.63, 3.8) is 0 Å². The highest BCUT2D eigenvalue weighted by molar-refractivity contribution is 9.10. The highest BCUT2D eigenvalue weighted by atomic mass is 79.9. The summed E-state index contributed by atoms with van der Waals surface area (Å²) in [7, 11) is 1.80. The van der Waals surface area contributed by atoms with Crippen molar-refractivity contribution in [1.82, 2.24) is 9.78 Å². The molecule has 0 saturated heterocycles. The number of nitrogens with zero attached hydrogens (tertiary/aromatic N) is 2. The van der Waals surface area contributed by atoms with E-state index in [-0.39, 0.29) is 0 Å². The van der Waals surface area contributed by atoms with Gasteiger partial charge in [-0.05, 0) is 44.5 Å². The van der Waals surface area contributed by atoms with E-state index < -0.39 is 18.0 Å². The number of hydrogen-bond donors (Lipinski definition) is 1. The number of nitrogens with one attached hydrogen (secondary N) is 1. The van der Waals surface area contributed by atoms with Gasteiger partial charge in [-0.25, -0.2) is 4.79 Å². The van der Waals surface area contributed by atoms with Crippen LogP contribution in [0.5, 0.6) is 0 Å². The average Bonchev–Trinajstić information content (AvgIpc) is 2.79. The van der Waals surface area contributed by atoms with Gasteiger partial charge in [0, 0.05) is 17.6 Å². The van der Waals surface area contributed by atoms with Crippen LogP contribution in [0.4, 0.5) is 5.69 Å². The normalized spacial score (nSPS) is 12.2. The van der Waals surface area contributed by atoms with Gasteiger partial charge in [-0.15, -0.1) is 0 Å². The lowest BCUT2D eigenvalue weighted by Crippen LogP contribution is -2.29. The first-order valence-corrected chi connectivity index (χ1v) is 8.52. The summed E-state index contributed by atoms with van der Waals surface area (Å²) in [5.74, 6) is -0.981. The molecule has 1 heterocycles. The largest absolute Gasteiger partial charge is 0.449 e. The summed E-state index contributed by atoms with van der Waals surface area (Å²) < 4.78 is 7.74. The summed E-state index contributed by atoms with van der Waals surface area (Å²) in [6.07, 6.45) is 2.01. The fourth-order valence-corrected chi connectivity index (χ4v) is 2.64. The number of aryl methyl sites for hydroxylation is 2. The molecule has 6 nitrogen and oxygen atoms in total. The van der Waals surface area contributed by atoms with E-state index in [4.69, 9.17) is 4.74 Å². The van der Waals surface area contributed by atoms with E-state index in [1.165, 1.54) is 13.0 Å². The summed E-state index contributed by atoms with van der Waals surface area (Å²) in [4.78, 5) is 24.1. The van der Waals surface area contributed by atoms with Gasteiger partial charge in [0.25, 0.3) is 5.91 Å². The highest BCUT2D eigenvalue weighted by Gasteiger charge is 2.20. The molecule has 0 bridgehead atoms. The van der Waals surface area contributed by atoms with E-state index in [9.17, 15) is 9.59 Å². The van der Waals surface area contributed by atoms with E-state index in [2.05, 4.69) is 26.3 Å². The summed E-state index contributed by atoms with van der Waals surface area (Å²) in [6, 6.07) is 7.49. The van der Waals surface area contributed by atoms with E-state index >= 15 is 0 Å². The van der Waals surface area contributed by atoms with Gasteiger partial charge in [0.2, 0.25) is 0 Å². The Morgan fingerprint density at radius 2 is 2.08 bits per heavy atom. The second kappa shape index (κ2) is 8.11. The maximum absolute atomic E-state index is 12.2. The molecule has 1 amide bonds. The first-order chi connectivity index (χ1) is 11.8. The van der Waals surface area contributed by atoms with Crippen LogP contribution < -0.4 is 5.32 Å². The molecule has 0 unspecified atom stereocenters. The molecule has 2 rings (SSSR count). The zero-order valence-electron chi connectivity index (χ0n) is 14.5. The Morgan fingerprint density at radius 3 is 2.68 bits per heavy atom. The molecule has 0 aliphatic heterocycles. The molecule has 0 aliphatic carbocycles. The second-order valence-corrected chi connectivity index (χ2v) is 6.54. The zero-order chi connectivity index (χ0) is 18.6. The monoisotopic (exact) mass is 405 g/mol. The summed E-state index contributed by atoms with van der Waals surface area (Å²) >= 11 is 3.36. The van der Waals surface area contributed by atoms with Crippen LogP contribution in [0.3, 0.4) is 0 Å². The van der Waals surface area contributed by atoms with Gasteiger partial charge in [0.15, 0.2) is 6.10 Å². The van der Waals surface area contributed by atoms with Gasteiger partial charge in [0.1, 0.15) is 0 Å². The number of amides is 1. The van der Waals surface area contributed by atoms with Crippen molar-refractivity contribution >= 4 is 39.6 Å². The van der Waals surface area contributed by atoms with Crippen LogP contribution in [0, 0.1) is 13.8 Å². The lowest BCUT2D eigenvalue weighted by atomic mass is 10.2. The first kappa shape index (κ1) is 18.9. The van der Waals surface area contributed by atoms with Gasteiger partial charge in [0.05, 0.1) is 17.1 Å². The molecule has 1 aromatic heterocycles. The number of hydrogen-bond acceptors (Lipinski definition) is 4. The topological polar surface area (TPSA) is 73.2 Å². The van der Waals surface area contributed by atoms with Crippen LogP contribution in [0.1, 0.15) is 23.9 Å². The van der Waals surface area contributed by atoms with Crippen molar-refractivity contribution in [2.75, 3.05) is 5.32 Å². The molecular formula is C18H20BrN3O3. The van der Waals surface area contributed by atoms with Gasteiger partial charge in [-0.2, -0.15) is 5.10 Å². The van der Waals surface area contributed by atoms with Crippen LogP contribution in [-0.4, -0.2) is 27.8 Å². The number of ether oxygens (including phenoxy) is 1. The number of rotatable bonds is 5. The minimum Gasteiger partial charge on any atom is -0.449 e. The van der Waals surface area contributed by atoms with Crippen molar-refractivity contribution in [1.29, 1.82) is 0 Å². The second-order valence-electron chi connectivity index (χ2n) is 5.63. The molecule has 0 spiro atoms. The van der Waals surface area contributed by atoms with Gasteiger partial charge >= 0.3 is 5.97 Å². The predicted molar refractivity (Wildman–Crippen MR) is 100 cm³/mol. The van der Waals surface area contributed by atoms with Crippen LogP contribution >= 0.6 is 15.9 Å². The minimum atomic E-state index is -0.918. The third kappa shape index (κ3) is 5.03. The van der Waals surface area contributed by atoms with Crippen molar-refractivity contribution in [2.24, 2.45) is 7.05 Å². The molecule has 0 radical (unpaired) electrons. The Hall–Kier alpha value is -2.41. The number of aromatic nitrogens is 2. The first-order valence-electron chi connectivity index (χ1n) is 7.73. The fourth-order valence-electron chi connectivity index (χ4n) is 2.22. The van der Waals surface area contributed by atoms with Crippen molar-refractivity contribution in [3.05, 3.63) is 51.8 Å². The Balaban J connectivity index is 1.95. The third-order valence-electron chi connectivity index (χ3n) is 3.68. The summed E-state index contributed by atoms with van der Waals surface area (Å²) in [6.45, 7) is 5.19. The molecule has 2 aromatic rings. The lowest BCUT2D eigenvalue weighted by Gasteiger charge is -2.12. The number of carbonyl (C=O) groups is 2. The van der Waals surface area contributed by atoms with Crippen LogP contribution in [0.15, 0.2) is 34.8 Å². The Bertz CT molecular complexity index is 827. The average molecular weight is 406 g/mol. The maximum atomic E-state index is 12.2. The van der Waals surface area contributed by atoms with E-state index in [1.54, 1.807) is 24.7 Å². The van der Waals surface area contributed by atoms with E-state index in [0.717, 1.165) is 15.7 Å². The number of halogens is 1. The molecule has 0 fully saturated rings. The van der Waals surface area contributed by atoms with Crippen LogP contribution in [0.2, 0.25) is 0 Å². The Kier molecular flexibility index (Phi) is 6.14. The van der Waals surface area contributed by atoms with Gasteiger partial charge in [-0.3, -0.25) is 9.48 Å². The Morgan fingerprint density at radius 1 is 1.36 bits per heavy atom. The molecule has 0 saturated carbocycles. The number of anilines is 1. The molecular weight excluding hydrogens is 386 g/mol. The van der Waals surface area contributed by atoms with E-state index in [1.807, 2.05) is 31.2 Å². The summed E-state index contributed by atoms with van der Waals surface area (Å²) in [5, 5.41) is 6.99. The smallest absolute Gasteiger partial charge is 0.331 e. The molecule has 1 aromatic carbocycles. The zero-order valence-corrected chi connectivity index (χ0v) is 16.1. The van der Waals surface area contributed by atoms with E-state index in [0.29, 0.717) is 11.4 Å². The van der Waals surface area contributed by atoms with Crippen molar-refractivity contribution in [3.8, 4) is 0 Å². The molecule has 132 valence electrons. The predicted octanol–water partition coefficient (Wildman–Crippen LogP) is 3.38. The van der Waals surface area contributed by atoms with Gasteiger partial charge in [-0.1, -0.05) is 28.1 Å².